The molecule has 12 heteroatoms. The summed E-state index contributed by atoms with van der Waals surface area (Å²) < 4.78 is 79.9. The molecular formula is C30H23F5N4O3. The van der Waals surface area contributed by atoms with Crippen molar-refractivity contribution in [3.63, 3.8) is 0 Å². The molecule has 1 aliphatic heterocycles. The minimum atomic E-state index is -4.58. The number of hydrogen-bond acceptors (Lipinski definition) is 6. The van der Waals surface area contributed by atoms with Crippen molar-refractivity contribution in [2.24, 2.45) is 5.73 Å². The molecule has 4 aromatic rings. The molecule has 0 bridgehead atoms. The first-order valence-corrected chi connectivity index (χ1v) is 12.6. The molecule has 7 nitrogen and oxygen atoms in total. The maximum Gasteiger partial charge on any atom is 0.417 e. The minimum absolute atomic E-state index is 0.0430. The van der Waals surface area contributed by atoms with Crippen LogP contribution in [0.4, 0.5) is 22.0 Å². The lowest BCUT2D eigenvalue weighted by atomic mass is 9.94. The summed E-state index contributed by atoms with van der Waals surface area (Å²) >= 11 is 0. The van der Waals surface area contributed by atoms with Crippen LogP contribution >= 0.6 is 0 Å². The predicted molar refractivity (Wildman–Crippen MR) is 145 cm³/mol. The fourth-order valence-corrected chi connectivity index (χ4v) is 4.67. The van der Waals surface area contributed by atoms with Gasteiger partial charge in [0.15, 0.2) is 5.75 Å². The van der Waals surface area contributed by atoms with Gasteiger partial charge in [-0.2, -0.15) is 13.2 Å². The van der Waals surface area contributed by atoms with E-state index in [2.05, 4.69) is 27.6 Å². The molecule has 1 atom stereocenters. The summed E-state index contributed by atoms with van der Waals surface area (Å²) in [5, 5.41) is 3.31. The number of nitrogens with two attached hydrogens (primary N) is 1. The zero-order chi connectivity index (χ0) is 30.2. The van der Waals surface area contributed by atoms with Crippen LogP contribution in [0.5, 0.6) is 11.5 Å². The van der Waals surface area contributed by atoms with E-state index < -0.39 is 35.7 Å². The largest absolute Gasteiger partial charge is 0.494 e. The average Bonchev–Trinajstić information content (AvgIpc) is 3.31. The Bertz CT molecular complexity index is 1750. The average molecular weight is 583 g/mol. The van der Waals surface area contributed by atoms with E-state index >= 15 is 4.39 Å². The van der Waals surface area contributed by atoms with Crippen molar-refractivity contribution in [3.8, 4) is 22.8 Å². The lowest BCUT2D eigenvalue weighted by molar-refractivity contribution is -0.137. The van der Waals surface area contributed by atoms with Crippen molar-refractivity contribution in [3.05, 3.63) is 95.2 Å². The zero-order valence-corrected chi connectivity index (χ0v) is 22.1. The summed E-state index contributed by atoms with van der Waals surface area (Å²) in [6.45, 7) is 3.26. The van der Waals surface area contributed by atoms with E-state index in [1.807, 2.05) is 0 Å². The summed E-state index contributed by atoms with van der Waals surface area (Å²) in [7, 11) is 1.38. The summed E-state index contributed by atoms with van der Waals surface area (Å²) in [6, 6.07) is 10.8. The molecule has 42 heavy (non-hydrogen) atoms. The van der Waals surface area contributed by atoms with Crippen LogP contribution in [0.2, 0.25) is 0 Å². The maximum atomic E-state index is 15.6. The summed E-state index contributed by atoms with van der Waals surface area (Å²) in [4.78, 5) is 20.5. The number of pyridine rings is 2. The molecule has 0 radical (unpaired) electrons. The van der Waals surface area contributed by atoms with E-state index in [1.54, 1.807) is 6.07 Å². The van der Waals surface area contributed by atoms with Crippen LogP contribution in [-0.2, 0) is 23.1 Å². The van der Waals surface area contributed by atoms with Gasteiger partial charge in [-0.1, -0.05) is 6.58 Å². The second kappa shape index (κ2) is 10.8. The van der Waals surface area contributed by atoms with Crippen LogP contribution < -0.4 is 20.5 Å². The summed E-state index contributed by atoms with van der Waals surface area (Å²) in [5.74, 6) is -1.40. The molecule has 216 valence electrons. The quantitative estimate of drug-likeness (QED) is 0.211. The Labute approximate surface area is 236 Å². The van der Waals surface area contributed by atoms with Gasteiger partial charge in [0.25, 0.3) is 11.6 Å². The summed E-state index contributed by atoms with van der Waals surface area (Å²) in [5.41, 5.74) is 6.60. The second-order valence-corrected chi connectivity index (χ2v) is 9.50. The first kappa shape index (κ1) is 28.6. The minimum Gasteiger partial charge on any atom is -0.494 e. The number of alkyl halides is 4. The van der Waals surface area contributed by atoms with Crippen molar-refractivity contribution in [2.75, 3.05) is 20.3 Å². The van der Waals surface area contributed by atoms with E-state index in [9.17, 15) is 22.4 Å². The van der Waals surface area contributed by atoms with E-state index in [-0.39, 0.29) is 46.6 Å². The van der Waals surface area contributed by atoms with Crippen LogP contribution in [0.3, 0.4) is 0 Å². The number of hydrogen-bond donors (Lipinski definition) is 2. The molecule has 2 aromatic carbocycles. The molecule has 0 saturated carbocycles. The lowest BCUT2D eigenvalue weighted by Crippen LogP contribution is -2.38. The van der Waals surface area contributed by atoms with Gasteiger partial charge in [0.05, 0.1) is 18.4 Å². The Hall–Kier alpha value is -4.96. The maximum absolute atomic E-state index is 15.6. The highest BCUT2D eigenvalue weighted by Crippen LogP contribution is 2.45. The monoisotopic (exact) mass is 582 g/mol. The topological polar surface area (TPSA) is 99.4 Å². The van der Waals surface area contributed by atoms with Crippen molar-refractivity contribution in [2.45, 2.75) is 18.3 Å². The first-order valence-electron chi connectivity index (χ1n) is 12.6. The number of amides is 1. The van der Waals surface area contributed by atoms with E-state index in [4.69, 9.17) is 15.2 Å². The molecule has 3 N–H and O–H groups in total. The molecule has 1 amide bonds. The number of aromatic nitrogens is 2. The number of methoxy groups -OCH3 is 1. The molecule has 2 aromatic heterocycles. The predicted octanol–water partition coefficient (Wildman–Crippen LogP) is 5.46. The molecule has 0 saturated heterocycles. The van der Waals surface area contributed by atoms with Crippen molar-refractivity contribution >= 4 is 22.5 Å². The van der Waals surface area contributed by atoms with Gasteiger partial charge < -0.3 is 20.5 Å². The van der Waals surface area contributed by atoms with Gasteiger partial charge in [0, 0.05) is 46.9 Å². The molecule has 0 spiro atoms. The number of halogens is 5. The number of ether oxygens (including phenoxy) is 2. The molecular weight excluding hydrogens is 559 g/mol. The van der Waals surface area contributed by atoms with Gasteiger partial charge in [-0.25, -0.2) is 13.8 Å². The van der Waals surface area contributed by atoms with E-state index in [1.165, 1.54) is 43.5 Å². The normalized spacial score (nSPS) is 16.0. The first-order chi connectivity index (χ1) is 19.9. The highest BCUT2D eigenvalue weighted by atomic mass is 19.4. The SMILES string of the molecule is C=C=C(NCCc1cc2c(c(-c3ccc(F)cc3)n1)OCC2(F)C(N)=O)c1cc(OC)c2ncc(C(F)(F)F)cc2c1. The second-order valence-electron chi connectivity index (χ2n) is 9.50. The fourth-order valence-electron chi connectivity index (χ4n) is 4.67. The van der Waals surface area contributed by atoms with Crippen molar-refractivity contribution in [1.82, 2.24) is 15.3 Å². The molecule has 3 heterocycles. The van der Waals surface area contributed by atoms with Gasteiger partial charge >= 0.3 is 6.18 Å². The number of carbonyl (C=O) groups excluding carboxylic acids is 1. The number of benzene rings is 2. The van der Waals surface area contributed by atoms with E-state index in [0.29, 0.717) is 22.5 Å². The van der Waals surface area contributed by atoms with Gasteiger partial charge in [0.2, 0.25) is 0 Å². The number of fused-ring (bicyclic) bond motifs is 2. The highest BCUT2D eigenvalue weighted by molar-refractivity contribution is 5.89. The molecule has 1 unspecified atom stereocenters. The van der Waals surface area contributed by atoms with Crippen molar-refractivity contribution in [1.29, 1.82) is 0 Å². The number of primary amides is 1. The molecule has 0 fully saturated rings. The molecule has 0 aliphatic carbocycles. The van der Waals surface area contributed by atoms with E-state index in [0.717, 1.165) is 12.3 Å². The van der Waals surface area contributed by atoms with Gasteiger partial charge in [-0.15, -0.1) is 5.73 Å². The number of carbonyl (C=O) groups is 1. The molecule has 1 aliphatic rings. The van der Waals surface area contributed by atoms with Gasteiger partial charge in [-0.3, -0.25) is 9.78 Å². The van der Waals surface area contributed by atoms with Crippen LogP contribution in [-0.4, -0.2) is 36.1 Å². The third-order valence-electron chi connectivity index (χ3n) is 6.82. The Morgan fingerprint density at radius 2 is 1.95 bits per heavy atom. The Morgan fingerprint density at radius 1 is 1.21 bits per heavy atom. The van der Waals surface area contributed by atoms with Crippen molar-refractivity contribution < 1.29 is 36.2 Å². The zero-order valence-electron chi connectivity index (χ0n) is 22.1. The smallest absolute Gasteiger partial charge is 0.417 e. The Kier molecular flexibility index (Phi) is 7.34. The van der Waals surface area contributed by atoms with Gasteiger partial charge in [-0.05, 0) is 48.5 Å². The number of rotatable bonds is 8. The Morgan fingerprint density at radius 3 is 2.60 bits per heavy atom. The van der Waals surface area contributed by atoms with Gasteiger partial charge in [0.1, 0.15) is 29.4 Å². The molecule has 5 rings (SSSR count). The van der Waals surface area contributed by atoms with Crippen LogP contribution in [0.1, 0.15) is 22.4 Å². The number of nitrogens with one attached hydrogen (secondary N) is 1. The fraction of sp³-hybridized carbons (Fsp3) is 0.200. The third-order valence-corrected chi connectivity index (χ3v) is 6.82. The van der Waals surface area contributed by atoms with Crippen LogP contribution in [0.25, 0.3) is 27.9 Å². The standard InChI is InChI=1S/C30H23F5N4O3/c1-3-23(17-10-18-11-19(30(33,34)35)14-38-25(18)24(12-17)41-2)37-9-8-21-13-22-27(42-15-29(22,32)28(36)40)26(39-21)16-4-6-20(31)7-5-16/h4-7,10-14,37H,1,8-9,15H2,2H3,(H2,36,40). The van der Waals surface area contributed by atoms with Crippen LogP contribution in [0, 0.1) is 5.82 Å². The van der Waals surface area contributed by atoms with Crippen LogP contribution in [0.15, 0.2) is 67.0 Å². The Balaban J connectivity index is 1.45. The number of nitrogens with zero attached hydrogens (tertiary/aromatic N) is 2. The summed E-state index contributed by atoms with van der Waals surface area (Å²) in [6.07, 6.45) is -3.63. The highest BCUT2D eigenvalue weighted by Gasteiger charge is 2.48. The third kappa shape index (κ3) is 5.24. The lowest BCUT2D eigenvalue weighted by Gasteiger charge is -2.16.